The van der Waals surface area contributed by atoms with Crippen LogP contribution in [0.15, 0.2) is 0 Å². The van der Waals surface area contributed by atoms with Crippen molar-refractivity contribution in [3.63, 3.8) is 0 Å². The zero-order chi connectivity index (χ0) is 13.6. The van der Waals surface area contributed by atoms with Crippen LogP contribution in [0.3, 0.4) is 0 Å². The van der Waals surface area contributed by atoms with Crippen LogP contribution in [0, 0.1) is 0 Å². The average Bonchev–Trinajstić information content (AvgIpc) is 2.28. The summed E-state index contributed by atoms with van der Waals surface area (Å²) >= 11 is 0. The molecule has 0 aromatic carbocycles. The SMILES string of the molecule is CCCN1CCOC(C(=O)CCCC(F)(F)F)C1. The van der Waals surface area contributed by atoms with Crippen LogP contribution < -0.4 is 0 Å². The summed E-state index contributed by atoms with van der Waals surface area (Å²) in [6.07, 6.45) is -4.82. The lowest BCUT2D eigenvalue weighted by molar-refractivity contribution is -0.142. The van der Waals surface area contributed by atoms with E-state index in [4.69, 9.17) is 4.74 Å². The molecule has 0 aromatic rings. The summed E-state index contributed by atoms with van der Waals surface area (Å²) in [5.74, 6) is -0.208. The molecule has 1 saturated heterocycles. The molecule has 0 saturated carbocycles. The lowest BCUT2D eigenvalue weighted by Gasteiger charge is -2.31. The molecule has 6 heteroatoms. The average molecular weight is 267 g/mol. The first kappa shape index (κ1) is 15.4. The van der Waals surface area contributed by atoms with Gasteiger partial charge in [0.15, 0.2) is 5.78 Å². The quantitative estimate of drug-likeness (QED) is 0.740. The molecule has 0 N–H and O–H groups in total. The number of Topliss-reactive ketones (excluding diaryl/α,β-unsaturated/α-hetero) is 1. The monoisotopic (exact) mass is 267 g/mol. The maximum Gasteiger partial charge on any atom is 0.389 e. The van der Waals surface area contributed by atoms with E-state index in [2.05, 4.69) is 11.8 Å². The van der Waals surface area contributed by atoms with Crippen molar-refractivity contribution in [1.82, 2.24) is 4.90 Å². The van der Waals surface area contributed by atoms with Gasteiger partial charge in [-0.15, -0.1) is 0 Å². The molecule has 0 spiro atoms. The van der Waals surface area contributed by atoms with E-state index in [0.29, 0.717) is 13.2 Å². The highest BCUT2D eigenvalue weighted by Gasteiger charge is 2.29. The minimum absolute atomic E-state index is 0.0514. The first-order chi connectivity index (χ1) is 8.42. The van der Waals surface area contributed by atoms with Crippen LogP contribution in [0.5, 0.6) is 0 Å². The highest BCUT2D eigenvalue weighted by molar-refractivity contribution is 5.83. The van der Waals surface area contributed by atoms with Crippen LogP contribution >= 0.6 is 0 Å². The number of morpholine rings is 1. The number of hydrogen-bond acceptors (Lipinski definition) is 3. The number of ether oxygens (including phenoxy) is 1. The van der Waals surface area contributed by atoms with Gasteiger partial charge in [-0.1, -0.05) is 6.92 Å². The molecule has 0 radical (unpaired) electrons. The van der Waals surface area contributed by atoms with Gasteiger partial charge < -0.3 is 4.74 Å². The van der Waals surface area contributed by atoms with Gasteiger partial charge >= 0.3 is 6.18 Å². The lowest BCUT2D eigenvalue weighted by Crippen LogP contribution is -2.46. The Bertz CT molecular complexity index is 267. The fourth-order valence-corrected chi connectivity index (χ4v) is 2.04. The van der Waals surface area contributed by atoms with Gasteiger partial charge in [0.1, 0.15) is 6.10 Å². The third-order valence-electron chi connectivity index (χ3n) is 2.93. The topological polar surface area (TPSA) is 29.5 Å². The number of nitrogens with zero attached hydrogens (tertiary/aromatic N) is 1. The highest BCUT2D eigenvalue weighted by atomic mass is 19.4. The van der Waals surface area contributed by atoms with Gasteiger partial charge in [0.2, 0.25) is 0 Å². The molecule has 18 heavy (non-hydrogen) atoms. The Morgan fingerprint density at radius 2 is 2.17 bits per heavy atom. The summed E-state index contributed by atoms with van der Waals surface area (Å²) in [7, 11) is 0. The molecular weight excluding hydrogens is 247 g/mol. The minimum Gasteiger partial charge on any atom is -0.368 e. The van der Waals surface area contributed by atoms with Gasteiger partial charge in [0, 0.05) is 25.9 Å². The van der Waals surface area contributed by atoms with E-state index < -0.39 is 18.7 Å². The van der Waals surface area contributed by atoms with Crippen molar-refractivity contribution in [1.29, 1.82) is 0 Å². The Hall–Kier alpha value is -0.620. The standard InChI is InChI=1S/C12H20F3NO2/c1-2-6-16-7-8-18-11(9-16)10(17)4-3-5-12(13,14)15/h11H,2-9H2,1H3. The fourth-order valence-electron chi connectivity index (χ4n) is 2.04. The molecule has 1 aliphatic rings. The number of hydrogen-bond donors (Lipinski definition) is 0. The molecule has 0 amide bonds. The molecule has 0 bridgehead atoms. The second-order valence-electron chi connectivity index (χ2n) is 4.60. The third kappa shape index (κ3) is 5.82. The van der Waals surface area contributed by atoms with E-state index in [0.717, 1.165) is 19.5 Å². The van der Waals surface area contributed by atoms with E-state index in [9.17, 15) is 18.0 Å². The Labute approximate surface area is 105 Å². The number of alkyl halides is 3. The zero-order valence-electron chi connectivity index (χ0n) is 10.6. The molecule has 0 aliphatic carbocycles. The van der Waals surface area contributed by atoms with Crippen LogP contribution in [-0.2, 0) is 9.53 Å². The van der Waals surface area contributed by atoms with Crippen molar-refractivity contribution in [3.8, 4) is 0 Å². The van der Waals surface area contributed by atoms with E-state index in [-0.39, 0.29) is 18.6 Å². The molecule has 1 rings (SSSR count). The first-order valence-corrected chi connectivity index (χ1v) is 6.36. The summed E-state index contributed by atoms with van der Waals surface area (Å²) < 4.78 is 41.2. The molecule has 106 valence electrons. The van der Waals surface area contributed by atoms with Crippen LogP contribution in [0.1, 0.15) is 32.6 Å². The molecule has 1 atom stereocenters. The smallest absolute Gasteiger partial charge is 0.368 e. The Kier molecular flexibility index (Phi) is 6.08. The van der Waals surface area contributed by atoms with E-state index in [1.54, 1.807) is 0 Å². The normalized spacial score (nSPS) is 22.1. The Morgan fingerprint density at radius 3 is 2.78 bits per heavy atom. The van der Waals surface area contributed by atoms with Crippen molar-refractivity contribution in [2.24, 2.45) is 0 Å². The van der Waals surface area contributed by atoms with Crippen LogP contribution in [-0.4, -0.2) is 49.2 Å². The van der Waals surface area contributed by atoms with Gasteiger partial charge in [0.25, 0.3) is 0 Å². The molecule has 1 fully saturated rings. The summed E-state index contributed by atoms with van der Waals surface area (Å²) in [5, 5.41) is 0. The van der Waals surface area contributed by atoms with Gasteiger partial charge in [-0.3, -0.25) is 9.69 Å². The second-order valence-corrected chi connectivity index (χ2v) is 4.60. The molecule has 0 aromatic heterocycles. The van der Waals surface area contributed by atoms with Gasteiger partial charge in [-0.25, -0.2) is 0 Å². The number of carbonyl (C=O) groups excluding carboxylic acids is 1. The maximum absolute atomic E-state index is 12.0. The molecule has 1 unspecified atom stereocenters. The lowest BCUT2D eigenvalue weighted by atomic mass is 10.1. The van der Waals surface area contributed by atoms with Crippen molar-refractivity contribution < 1.29 is 22.7 Å². The molecule has 1 heterocycles. The summed E-state index contributed by atoms with van der Waals surface area (Å²) in [6.45, 7) is 4.74. The molecular formula is C12H20F3NO2. The van der Waals surface area contributed by atoms with Crippen LogP contribution in [0.4, 0.5) is 13.2 Å². The van der Waals surface area contributed by atoms with Gasteiger partial charge in [-0.2, -0.15) is 13.2 Å². The predicted molar refractivity (Wildman–Crippen MR) is 61.4 cm³/mol. The largest absolute Gasteiger partial charge is 0.389 e. The van der Waals surface area contributed by atoms with E-state index >= 15 is 0 Å². The van der Waals surface area contributed by atoms with Gasteiger partial charge in [0.05, 0.1) is 6.61 Å². The van der Waals surface area contributed by atoms with E-state index in [1.165, 1.54) is 0 Å². The number of halogens is 3. The minimum atomic E-state index is -4.18. The van der Waals surface area contributed by atoms with Crippen molar-refractivity contribution in [2.75, 3.05) is 26.2 Å². The first-order valence-electron chi connectivity index (χ1n) is 6.36. The van der Waals surface area contributed by atoms with Gasteiger partial charge in [-0.05, 0) is 19.4 Å². The predicted octanol–water partition coefficient (Wildman–Crippen LogP) is 2.40. The van der Waals surface area contributed by atoms with Crippen molar-refractivity contribution in [2.45, 2.75) is 44.9 Å². The number of carbonyl (C=O) groups is 1. The molecule has 1 aliphatic heterocycles. The molecule has 3 nitrogen and oxygen atoms in total. The highest BCUT2D eigenvalue weighted by Crippen LogP contribution is 2.22. The van der Waals surface area contributed by atoms with E-state index in [1.807, 2.05) is 0 Å². The van der Waals surface area contributed by atoms with Crippen molar-refractivity contribution >= 4 is 5.78 Å². The van der Waals surface area contributed by atoms with Crippen molar-refractivity contribution in [3.05, 3.63) is 0 Å². The Balaban J connectivity index is 2.28. The van der Waals surface area contributed by atoms with Crippen LogP contribution in [0.25, 0.3) is 0 Å². The Morgan fingerprint density at radius 1 is 1.44 bits per heavy atom. The number of rotatable bonds is 6. The van der Waals surface area contributed by atoms with Crippen LogP contribution in [0.2, 0.25) is 0 Å². The summed E-state index contributed by atoms with van der Waals surface area (Å²) in [6, 6.07) is 0. The summed E-state index contributed by atoms with van der Waals surface area (Å²) in [4.78, 5) is 13.8. The third-order valence-corrected chi connectivity index (χ3v) is 2.93. The zero-order valence-corrected chi connectivity index (χ0v) is 10.6. The number of ketones is 1. The second kappa shape index (κ2) is 7.09. The fraction of sp³-hybridized carbons (Fsp3) is 0.917. The summed E-state index contributed by atoms with van der Waals surface area (Å²) in [5.41, 5.74) is 0. The maximum atomic E-state index is 12.0.